The third-order valence-corrected chi connectivity index (χ3v) is 5.90. The molecule has 3 rings (SSSR count). The summed E-state index contributed by atoms with van der Waals surface area (Å²) < 4.78 is 1.85. The monoisotopic (exact) mass is 399 g/mol. The minimum absolute atomic E-state index is 0.0939. The molecule has 1 aromatic heterocycles. The Morgan fingerprint density at radius 2 is 2.07 bits per heavy atom. The van der Waals surface area contributed by atoms with Crippen LogP contribution in [0.5, 0.6) is 0 Å². The molecule has 6 nitrogen and oxygen atoms in total. The minimum atomic E-state index is -0.393. The van der Waals surface area contributed by atoms with Gasteiger partial charge in [-0.25, -0.2) is 0 Å². The molecule has 0 radical (unpaired) electrons. The highest BCUT2D eigenvalue weighted by Crippen LogP contribution is 2.34. The fraction of sp³-hybridized carbons (Fsp3) is 0.476. The normalized spacial score (nSPS) is 15.9. The third kappa shape index (κ3) is 4.31. The van der Waals surface area contributed by atoms with E-state index in [0.29, 0.717) is 17.1 Å². The highest BCUT2D eigenvalue weighted by molar-refractivity contribution is 6.30. The van der Waals surface area contributed by atoms with Crippen LogP contribution in [-0.4, -0.2) is 35.3 Å². The van der Waals surface area contributed by atoms with E-state index in [1.165, 1.54) is 0 Å². The molecule has 0 aliphatic carbocycles. The van der Waals surface area contributed by atoms with Crippen LogP contribution in [0.4, 0.5) is 5.69 Å². The van der Waals surface area contributed by atoms with E-state index < -0.39 is 5.41 Å². The number of piperidine rings is 1. The van der Waals surface area contributed by atoms with Gasteiger partial charge in [0, 0.05) is 49.2 Å². The maximum Gasteiger partial charge on any atom is 0.226 e. The van der Waals surface area contributed by atoms with E-state index in [1.54, 1.807) is 12.1 Å². The molecule has 1 aromatic carbocycles. The average Bonchev–Trinajstić information content (AvgIpc) is 3.00. The fourth-order valence-corrected chi connectivity index (χ4v) is 3.79. The van der Waals surface area contributed by atoms with Crippen LogP contribution in [0.15, 0.2) is 24.3 Å². The molecule has 1 saturated heterocycles. The summed E-state index contributed by atoms with van der Waals surface area (Å²) in [4.78, 5) is 14.9. The lowest BCUT2D eigenvalue weighted by Crippen LogP contribution is -2.47. The van der Waals surface area contributed by atoms with Gasteiger partial charge in [-0.2, -0.15) is 10.4 Å². The van der Waals surface area contributed by atoms with Crippen molar-refractivity contribution in [2.75, 3.05) is 24.5 Å². The second-order valence-corrected chi connectivity index (χ2v) is 8.16. The van der Waals surface area contributed by atoms with E-state index in [4.69, 9.17) is 11.6 Å². The van der Waals surface area contributed by atoms with Crippen molar-refractivity contribution in [2.24, 2.45) is 12.5 Å². The van der Waals surface area contributed by atoms with Crippen molar-refractivity contribution in [1.29, 1.82) is 5.26 Å². The number of nitriles is 1. The molecule has 0 saturated carbocycles. The van der Waals surface area contributed by atoms with Gasteiger partial charge in [-0.15, -0.1) is 0 Å². The Hall–Kier alpha value is -2.52. The molecule has 1 fully saturated rings. The summed E-state index contributed by atoms with van der Waals surface area (Å²) in [6, 6.07) is 9.64. The molecule has 28 heavy (non-hydrogen) atoms. The van der Waals surface area contributed by atoms with E-state index in [2.05, 4.69) is 21.4 Å². The van der Waals surface area contributed by atoms with E-state index in [0.717, 1.165) is 49.4 Å². The van der Waals surface area contributed by atoms with Crippen molar-refractivity contribution in [3.63, 3.8) is 0 Å². The molecule has 0 atom stereocenters. The van der Waals surface area contributed by atoms with Gasteiger partial charge >= 0.3 is 0 Å². The summed E-state index contributed by atoms with van der Waals surface area (Å²) in [6.07, 6.45) is 2.22. The van der Waals surface area contributed by atoms with Gasteiger partial charge in [0.15, 0.2) is 0 Å². The average molecular weight is 400 g/mol. The zero-order valence-electron chi connectivity index (χ0n) is 16.6. The largest absolute Gasteiger partial charge is 0.370 e. The number of rotatable bonds is 5. The molecule has 148 valence electrons. The summed E-state index contributed by atoms with van der Waals surface area (Å²) in [5.74, 6) is 0.0939. The predicted molar refractivity (Wildman–Crippen MR) is 110 cm³/mol. The molecular weight excluding hydrogens is 374 g/mol. The van der Waals surface area contributed by atoms with Gasteiger partial charge in [-0.1, -0.05) is 18.5 Å². The van der Waals surface area contributed by atoms with E-state index in [9.17, 15) is 10.1 Å². The summed E-state index contributed by atoms with van der Waals surface area (Å²) in [6.45, 7) is 6.10. The number of nitrogens with zero attached hydrogens (tertiary/aromatic N) is 4. The Morgan fingerprint density at radius 3 is 2.68 bits per heavy atom. The molecule has 0 spiro atoms. The summed E-state index contributed by atoms with van der Waals surface area (Å²) in [5, 5.41) is 17.4. The molecule has 2 aromatic rings. The van der Waals surface area contributed by atoms with Crippen molar-refractivity contribution in [3.8, 4) is 6.07 Å². The minimum Gasteiger partial charge on any atom is -0.370 e. The highest BCUT2D eigenvalue weighted by atomic mass is 35.5. The molecular formula is C21H26ClN5O. The molecule has 1 N–H and O–H groups in total. The highest BCUT2D eigenvalue weighted by Gasteiger charge is 2.37. The Bertz CT molecular complexity index is 887. The fourth-order valence-electron chi connectivity index (χ4n) is 3.62. The van der Waals surface area contributed by atoms with Gasteiger partial charge in [0.05, 0.1) is 16.9 Å². The number of benzene rings is 1. The smallest absolute Gasteiger partial charge is 0.226 e. The van der Waals surface area contributed by atoms with Crippen molar-refractivity contribution in [1.82, 2.24) is 15.1 Å². The first-order chi connectivity index (χ1) is 13.3. The van der Waals surface area contributed by atoms with Crippen LogP contribution in [0.1, 0.15) is 36.7 Å². The van der Waals surface area contributed by atoms with Gasteiger partial charge in [0.1, 0.15) is 6.07 Å². The first-order valence-corrected chi connectivity index (χ1v) is 9.92. The Balaban J connectivity index is 1.55. The first kappa shape index (κ1) is 20.2. The van der Waals surface area contributed by atoms with Crippen LogP contribution < -0.4 is 10.2 Å². The van der Waals surface area contributed by atoms with Crippen LogP contribution in [0.25, 0.3) is 0 Å². The second kappa shape index (κ2) is 8.24. The third-order valence-electron chi connectivity index (χ3n) is 5.67. The lowest BCUT2D eigenvalue weighted by molar-refractivity contribution is -0.131. The number of halogens is 1. The van der Waals surface area contributed by atoms with Gasteiger partial charge in [-0.05, 0) is 44.0 Å². The molecule has 1 aliphatic rings. The number of carbonyl (C=O) groups excluding carboxylic acids is 1. The Labute approximate surface area is 171 Å². The maximum absolute atomic E-state index is 12.8. The quantitative estimate of drug-likeness (QED) is 0.837. The SMILES string of the molecule is Cc1cc(CCNC(=O)C2(C)CCN(c3ccc(Cl)cc3C#N)CC2)nn1C. The van der Waals surface area contributed by atoms with Crippen molar-refractivity contribution < 1.29 is 4.79 Å². The maximum atomic E-state index is 12.8. The zero-order valence-corrected chi connectivity index (χ0v) is 17.4. The van der Waals surface area contributed by atoms with Gasteiger partial charge in [-0.3, -0.25) is 9.48 Å². The summed E-state index contributed by atoms with van der Waals surface area (Å²) in [5.41, 5.74) is 3.17. The molecule has 0 unspecified atom stereocenters. The van der Waals surface area contributed by atoms with Crippen LogP contribution in [0.2, 0.25) is 5.02 Å². The van der Waals surface area contributed by atoms with E-state index >= 15 is 0 Å². The number of nitrogens with one attached hydrogen (secondary N) is 1. The number of aromatic nitrogens is 2. The standard InChI is InChI=1S/C21H26ClN5O/c1-15-12-18(25-26(15)3)6-9-24-20(28)21(2)7-10-27(11-8-21)19-5-4-17(22)13-16(19)14-23/h4-5,12-13H,6-11H2,1-3H3,(H,24,28). The van der Waals surface area contributed by atoms with Crippen LogP contribution >= 0.6 is 11.6 Å². The number of anilines is 1. The number of hydrogen-bond donors (Lipinski definition) is 1. The molecule has 1 aliphatic heterocycles. The molecule has 1 amide bonds. The summed E-state index contributed by atoms with van der Waals surface area (Å²) >= 11 is 6.00. The van der Waals surface area contributed by atoms with Crippen molar-refractivity contribution >= 4 is 23.2 Å². The van der Waals surface area contributed by atoms with Crippen LogP contribution in [0, 0.1) is 23.7 Å². The Kier molecular flexibility index (Phi) is 5.95. The van der Waals surface area contributed by atoms with Crippen molar-refractivity contribution in [3.05, 3.63) is 46.2 Å². The second-order valence-electron chi connectivity index (χ2n) is 7.73. The predicted octanol–water partition coefficient (Wildman–Crippen LogP) is 3.22. The number of hydrogen-bond acceptors (Lipinski definition) is 4. The van der Waals surface area contributed by atoms with Gasteiger partial charge in [0.2, 0.25) is 5.91 Å². The lowest BCUT2D eigenvalue weighted by atomic mass is 9.79. The Morgan fingerprint density at radius 1 is 1.36 bits per heavy atom. The molecule has 2 heterocycles. The van der Waals surface area contributed by atoms with Gasteiger partial charge < -0.3 is 10.2 Å². The van der Waals surface area contributed by atoms with E-state index in [-0.39, 0.29) is 5.91 Å². The number of carbonyl (C=O) groups is 1. The lowest BCUT2D eigenvalue weighted by Gasteiger charge is -2.39. The van der Waals surface area contributed by atoms with Gasteiger partial charge in [0.25, 0.3) is 0 Å². The van der Waals surface area contributed by atoms with Crippen LogP contribution in [0.3, 0.4) is 0 Å². The number of amides is 1. The summed E-state index contributed by atoms with van der Waals surface area (Å²) in [7, 11) is 1.92. The van der Waals surface area contributed by atoms with Crippen LogP contribution in [-0.2, 0) is 18.3 Å². The zero-order chi connectivity index (χ0) is 20.3. The van der Waals surface area contributed by atoms with E-state index in [1.807, 2.05) is 37.7 Å². The number of aryl methyl sites for hydroxylation is 2. The molecule has 7 heteroatoms. The first-order valence-electron chi connectivity index (χ1n) is 9.55. The topological polar surface area (TPSA) is 74.0 Å². The van der Waals surface area contributed by atoms with Crippen molar-refractivity contribution in [2.45, 2.75) is 33.1 Å². The molecule has 0 bridgehead atoms.